The summed E-state index contributed by atoms with van der Waals surface area (Å²) in [5, 5.41) is 6.84. The van der Waals surface area contributed by atoms with Gasteiger partial charge in [-0.1, -0.05) is 40.3 Å². The highest BCUT2D eigenvalue weighted by Gasteiger charge is 2.39. The normalized spacial score (nSPS) is 22.4. The molecule has 0 bridgehead atoms. The topological polar surface area (TPSA) is 91.3 Å². The Morgan fingerprint density at radius 1 is 1.22 bits per heavy atom. The lowest BCUT2D eigenvalue weighted by atomic mass is 9.92. The van der Waals surface area contributed by atoms with Crippen LogP contribution in [0.15, 0.2) is 9.32 Å². The predicted octanol–water partition coefficient (Wildman–Crippen LogP) is 4.80. The molecule has 1 aliphatic heterocycles. The Morgan fingerprint density at radius 2 is 1.91 bits per heavy atom. The highest BCUT2D eigenvalue weighted by molar-refractivity contribution is 9.10. The van der Waals surface area contributed by atoms with Crippen LogP contribution in [-0.2, 0) is 11.8 Å². The van der Waals surface area contributed by atoms with Crippen molar-refractivity contribution in [1.29, 1.82) is 0 Å². The Kier molecular flexibility index (Phi) is 6.42. The third-order valence-electron chi connectivity index (χ3n) is 7.19. The van der Waals surface area contributed by atoms with Crippen molar-refractivity contribution in [3.63, 3.8) is 0 Å². The van der Waals surface area contributed by atoms with Gasteiger partial charge in [0.1, 0.15) is 11.8 Å². The summed E-state index contributed by atoms with van der Waals surface area (Å²) in [7, 11) is 1.87. The minimum atomic E-state index is -0.436. The number of hydrogen-bond acceptors (Lipinski definition) is 5. The van der Waals surface area contributed by atoms with Crippen molar-refractivity contribution >= 4 is 27.5 Å². The van der Waals surface area contributed by atoms with Gasteiger partial charge >= 0.3 is 0 Å². The molecule has 2 aliphatic rings. The Balaban J connectivity index is 1.54. The number of rotatable bonds is 5. The Hall–Kier alpha value is -1.87. The number of anilines is 1. The largest absolute Gasteiger partial charge is 0.370 e. The van der Waals surface area contributed by atoms with Gasteiger partial charge < -0.3 is 14.6 Å². The van der Waals surface area contributed by atoms with E-state index in [0.29, 0.717) is 29.5 Å². The molecule has 1 N–H and O–H groups in total. The van der Waals surface area contributed by atoms with Gasteiger partial charge in [0.2, 0.25) is 0 Å². The summed E-state index contributed by atoms with van der Waals surface area (Å²) in [6.45, 7) is 8.53. The quantitative estimate of drug-likeness (QED) is 0.585. The number of nitrogens with zero attached hydrogens (tertiary/aromatic N) is 3. The van der Waals surface area contributed by atoms with Crippen LogP contribution in [0.25, 0.3) is 0 Å². The number of hydrogen-bond donors (Lipinski definition) is 1. The number of aromatic nitrogens is 3. The van der Waals surface area contributed by atoms with Gasteiger partial charge in [0.25, 0.3) is 11.5 Å². The van der Waals surface area contributed by atoms with E-state index in [1.165, 1.54) is 6.42 Å². The number of carbonyl (C=O) groups excluding carboxylic acids is 1. The highest BCUT2D eigenvalue weighted by atomic mass is 79.9. The fourth-order valence-corrected chi connectivity index (χ4v) is 5.25. The van der Waals surface area contributed by atoms with E-state index >= 15 is 0 Å². The molecule has 1 aliphatic carbocycles. The summed E-state index contributed by atoms with van der Waals surface area (Å²) in [4.78, 5) is 26.2. The summed E-state index contributed by atoms with van der Waals surface area (Å²) < 4.78 is 15.1. The molecule has 0 radical (unpaired) electrons. The number of alkyl halides is 1. The maximum absolute atomic E-state index is 13.2. The van der Waals surface area contributed by atoms with Gasteiger partial charge in [0.05, 0.1) is 18.3 Å². The van der Waals surface area contributed by atoms with Crippen molar-refractivity contribution in [2.24, 2.45) is 13.0 Å². The number of amides is 1. The number of ether oxygens (including phenoxy) is 1. The minimum absolute atomic E-state index is 0.0427. The van der Waals surface area contributed by atoms with Gasteiger partial charge in [-0.25, -0.2) is 4.68 Å². The van der Waals surface area contributed by atoms with Crippen LogP contribution in [0.2, 0.25) is 0 Å². The van der Waals surface area contributed by atoms with Crippen LogP contribution in [0, 0.1) is 19.8 Å². The lowest BCUT2D eigenvalue weighted by molar-refractivity contribution is 0.0828. The third kappa shape index (κ3) is 4.21. The van der Waals surface area contributed by atoms with Crippen molar-refractivity contribution in [3.8, 4) is 0 Å². The molecule has 0 spiro atoms. The smallest absolute Gasteiger partial charge is 0.291 e. The van der Waals surface area contributed by atoms with Crippen LogP contribution >= 0.6 is 15.9 Å². The molecule has 4 rings (SSSR count). The molecule has 2 aromatic heterocycles. The van der Waals surface area contributed by atoms with Crippen molar-refractivity contribution in [3.05, 3.63) is 33.1 Å². The summed E-state index contributed by atoms with van der Waals surface area (Å²) in [6.07, 6.45) is 6.01. The second kappa shape index (κ2) is 8.82. The monoisotopic (exact) mass is 508 g/mol. The first-order valence-electron chi connectivity index (χ1n) is 11.5. The summed E-state index contributed by atoms with van der Waals surface area (Å²) in [5.74, 6) is 0.479. The van der Waals surface area contributed by atoms with Crippen molar-refractivity contribution in [2.75, 3.05) is 11.9 Å². The molecule has 0 aromatic carbocycles. The van der Waals surface area contributed by atoms with Gasteiger partial charge in [-0.05, 0) is 52.9 Å². The van der Waals surface area contributed by atoms with E-state index < -0.39 is 5.91 Å². The van der Waals surface area contributed by atoms with Crippen molar-refractivity contribution in [2.45, 2.75) is 82.7 Å². The van der Waals surface area contributed by atoms with Crippen LogP contribution in [0.4, 0.5) is 5.69 Å². The Bertz CT molecular complexity index is 1060. The average Bonchev–Trinajstić information content (AvgIpc) is 3.43. The van der Waals surface area contributed by atoms with Gasteiger partial charge in [-0.2, -0.15) is 0 Å². The van der Waals surface area contributed by atoms with Gasteiger partial charge in [-0.15, -0.1) is 0 Å². The SMILES string of the molecule is Cc1c(C(=O)Nc2c(C)n(C)n(C3CCCCC3)c2=O)noc1[C@H]1C[C@H](C(C)(C)Br)CO1. The van der Waals surface area contributed by atoms with E-state index in [9.17, 15) is 9.59 Å². The average molecular weight is 509 g/mol. The highest BCUT2D eigenvalue weighted by Crippen LogP contribution is 2.42. The second-order valence-corrected chi connectivity index (χ2v) is 11.8. The molecule has 32 heavy (non-hydrogen) atoms. The van der Waals surface area contributed by atoms with Crippen molar-refractivity contribution in [1.82, 2.24) is 14.5 Å². The van der Waals surface area contributed by atoms with Crippen LogP contribution in [0.1, 0.15) is 92.0 Å². The van der Waals surface area contributed by atoms with Crippen LogP contribution < -0.4 is 10.9 Å². The van der Waals surface area contributed by atoms with E-state index in [1.54, 1.807) is 4.68 Å². The fraction of sp³-hybridized carbons (Fsp3) is 0.696. The van der Waals surface area contributed by atoms with Gasteiger partial charge in [-0.3, -0.25) is 14.3 Å². The Morgan fingerprint density at radius 3 is 2.53 bits per heavy atom. The van der Waals surface area contributed by atoms with E-state index in [4.69, 9.17) is 9.26 Å². The maximum atomic E-state index is 13.2. The van der Waals surface area contributed by atoms with E-state index in [1.807, 2.05) is 25.6 Å². The molecule has 1 saturated heterocycles. The molecule has 2 atom stereocenters. The molecule has 9 heteroatoms. The number of halogens is 1. The van der Waals surface area contributed by atoms with Crippen molar-refractivity contribution < 1.29 is 14.1 Å². The van der Waals surface area contributed by atoms with Gasteiger partial charge in [0, 0.05) is 16.9 Å². The molecule has 1 amide bonds. The minimum Gasteiger partial charge on any atom is -0.370 e. The van der Waals surface area contributed by atoms with E-state index in [2.05, 4.69) is 40.3 Å². The van der Waals surface area contributed by atoms with E-state index in [0.717, 1.165) is 37.8 Å². The zero-order valence-corrected chi connectivity index (χ0v) is 21.1. The molecule has 8 nitrogen and oxygen atoms in total. The second-order valence-electron chi connectivity index (χ2n) is 9.72. The predicted molar refractivity (Wildman–Crippen MR) is 126 cm³/mol. The van der Waals surface area contributed by atoms with E-state index in [-0.39, 0.29) is 27.7 Å². The molecule has 176 valence electrons. The first kappa shape index (κ1) is 23.3. The lowest BCUT2D eigenvalue weighted by Gasteiger charge is -2.24. The fourth-order valence-electron chi connectivity index (χ4n) is 4.93. The Labute approximate surface area is 196 Å². The summed E-state index contributed by atoms with van der Waals surface area (Å²) in [5.41, 5.74) is 1.73. The molecule has 0 unspecified atom stereocenters. The summed E-state index contributed by atoms with van der Waals surface area (Å²) in [6, 6.07) is 0.178. The third-order valence-corrected chi connectivity index (χ3v) is 7.83. The summed E-state index contributed by atoms with van der Waals surface area (Å²) >= 11 is 3.72. The van der Waals surface area contributed by atoms with Crippen LogP contribution in [0.3, 0.4) is 0 Å². The van der Waals surface area contributed by atoms with Crippen LogP contribution in [0.5, 0.6) is 0 Å². The number of carbonyl (C=O) groups is 1. The molecular formula is C23H33BrN4O4. The zero-order valence-electron chi connectivity index (χ0n) is 19.5. The molecule has 2 aromatic rings. The molecule has 1 saturated carbocycles. The first-order chi connectivity index (χ1) is 15.1. The zero-order chi connectivity index (χ0) is 23.2. The first-order valence-corrected chi connectivity index (χ1v) is 12.2. The van der Waals surface area contributed by atoms with Crippen LogP contribution in [-0.4, -0.2) is 31.4 Å². The standard InChI is InChI=1S/C23H33BrN4O4/c1-13-18(26-32-20(13)17-11-15(12-31-17)23(3,4)24)21(29)25-19-14(2)27(5)28(22(19)30)16-9-7-6-8-10-16/h15-17H,6-12H2,1-5H3,(H,25,29)/t15-,17+/m0/s1. The molecule has 2 fully saturated rings. The molecular weight excluding hydrogens is 476 g/mol. The number of nitrogens with one attached hydrogen (secondary N) is 1. The lowest BCUT2D eigenvalue weighted by Crippen LogP contribution is -2.29. The molecule has 3 heterocycles. The maximum Gasteiger partial charge on any atom is 0.291 e. The van der Waals surface area contributed by atoms with Gasteiger partial charge in [0.15, 0.2) is 11.5 Å².